The Morgan fingerprint density at radius 3 is 2.90 bits per heavy atom. The Labute approximate surface area is 183 Å². The van der Waals surface area contributed by atoms with Crippen LogP contribution in [0.15, 0.2) is 65.3 Å². The summed E-state index contributed by atoms with van der Waals surface area (Å²) in [5, 5.41) is 3.02. The number of furan rings is 1. The monoisotopic (exact) mass is 416 g/mol. The first-order chi connectivity index (χ1) is 15.2. The van der Waals surface area contributed by atoms with E-state index >= 15 is 0 Å². The molecule has 0 saturated heterocycles. The van der Waals surface area contributed by atoms with Crippen molar-refractivity contribution in [2.75, 3.05) is 16.8 Å². The van der Waals surface area contributed by atoms with Crippen LogP contribution >= 0.6 is 0 Å². The van der Waals surface area contributed by atoms with Gasteiger partial charge in [-0.1, -0.05) is 30.3 Å². The molecule has 0 radical (unpaired) electrons. The number of para-hydroxylation sites is 1. The summed E-state index contributed by atoms with van der Waals surface area (Å²) in [6.07, 6.45) is 5.17. The van der Waals surface area contributed by atoms with Crippen LogP contribution < -0.4 is 10.2 Å². The number of nitrogens with zero attached hydrogens (tertiary/aromatic N) is 1. The fourth-order valence-corrected chi connectivity index (χ4v) is 4.26. The Balaban J connectivity index is 1.26. The lowest BCUT2D eigenvalue weighted by molar-refractivity contribution is 0.102. The van der Waals surface area contributed by atoms with E-state index in [4.69, 9.17) is 9.15 Å². The number of hydrogen-bond acceptors (Lipinski definition) is 4. The van der Waals surface area contributed by atoms with Crippen LogP contribution in [-0.4, -0.2) is 18.6 Å². The normalized spacial score (nSPS) is 17.6. The van der Waals surface area contributed by atoms with E-state index in [0.29, 0.717) is 30.5 Å². The molecule has 5 nitrogen and oxygen atoms in total. The Kier molecular flexibility index (Phi) is 5.51. The summed E-state index contributed by atoms with van der Waals surface area (Å²) in [5.74, 6) is 1.28. The highest BCUT2D eigenvalue weighted by atomic mass is 16.5. The second-order valence-corrected chi connectivity index (χ2v) is 8.68. The summed E-state index contributed by atoms with van der Waals surface area (Å²) >= 11 is 0. The van der Waals surface area contributed by atoms with Crippen LogP contribution in [0.25, 0.3) is 0 Å². The van der Waals surface area contributed by atoms with Gasteiger partial charge in [0.15, 0.2) is 0 Å². The zero-order valence-corrected chi connectivity index (χ0v) is 17.8. The first kappa shape index (κ1) is 19.9. The number of carbonyl (C=O) groups excluding carboxylic acids is 1. The van der Waals surface area contributed by atoms with Gasteiger partial charge in [-0.2, -0.15) is 0 Å². The molecule has 0 bridgehead atoms. The minimum atomic E-state index is -0.153. The molecular weight excluding hydrogens is 388 g/mol. The molecule has 1 N–H and O–H groups in total. The molecule has 1 amide bonds. The van der Waals surface area contributed by atoms with Crippen molar-refractivity contribution in [3.05, 3.63) is 83.3 Å². The predicted molar refractivity (Wildman–Crippen MR) is 121 cm³/mol. The third kappa shape index (κ3) is 4.52. The van der Waals surface area contributed by atoms with Crippen LogP contribution in [-0.2, 0) is 24.3 Å². The smallest absolute Gasteiger partial charge is 0.259 e. The van der Waals surface area contributed by atoms with Crippen molar-refractivity contribution in [3.63, 3.8) is 0 Å². The van der Waals surface area contributed by atoms with E-state index in [0.717, 1.165) is 30.2 Å². The van der Waals surface area contributed by atoms with Crippen LogP contribution in [0.3, 0.4) is 0 Å². The summed E-state index contributed by atoms with van der Waals surface area (Å²) < 4.78 is 11.5. The van der Waals surface area contributed by atoms with E-state index in [1.807, 2.05) is 24.3 Å². The van der Waals surface area contributed by atoms with Crippen LogP contribution in [0, 0.1) is 5.92 Å². The van der Waals surface area contributed by atoms with E-state index in [1.54, 1.807) is 12.3 Å². The van der Waals surface area contributed by atoms with E-state index in [1.165, 1.54) is 24.1 Å². The highest BCUT2D eigenvalue weighted by Crippen LogP contribution is 2.34. The van der Waals surface area contributed by atoms with Gasteiger partial charge in [0, 0.05) is 24.0 Å². The van der Waals surface area contributed by atoms with Crippen LogP contribution in [0.2, 0.25) is 0 Å². The lowest BCUT2D eigenvalue weighted by atomic mass is 10.1. The Bertz CT molecular complexity index is 1070. The molecule has 5 rings (SSSR count). The fourth-order valence-electron chi connectivity index (χ4n) is 4.26. The van der Waals surface area contributed by atoms with Crippen LogP contribution in [0.4, 0.5) is 11.4 Å². The highest BCUT2D eigenvalue weighted by molar-refractivity contribution is 6.05. The summed E-state index contributed by atoms with van der Waals surface area (Å²) in [6.45, 7) is 4.18. The number of fused-ring (bicyclic) bond motifs is 1. The predicted octanol–water partition coefficient (Wildman–Crippen LogP) is 5.41. The van der Waals surface area contributed by atoms with Crippen molar-refractivity contribution in [3.8, 4) is 0 Å². The largest absolute Gasteiger partial charge is 0.467 e. The van der Waals surface area contributed by atoms with E-state index in [9.17, 15) is 4.79 Å². The third-order valence-corrected chi connectivity index (χ3v) is 6.16. The van der Waals surface area contributed by atoms with Gasteiger partial charge in [0.1, 0.15) is 5.76 Å². The number of anilines is 2. The molecule has 1 fully saturated rings. The van der Waals surface area contributed by atoms with Gasteiger partial charge in [0.25, 0.3) is 5.91 Å². The summed E-state index contributed by atoms with van der Waals surface area (Å²) in [6, 6.07) is 18.4. The average molecular weight is 417 g/mol. The van der Waals surface area contributed by atoms with Crippen molar-refractivity contribution in [2.45, 2.75) is 45.4 Å². The number of amides is 1. The number of nitrogens with one attached hydrogen (secondary N) is 1. The quantitative estimate of drug-likeness (QED) is 0.533. The second kappa shape index (κ2) is 8.60. The molecule has 160 valence electrons. The van der Waals surface area contributed by atoms with Gasteiger partial charge in [-0.15, -0.1) is 0 Å². The molecule has 2 aliphatic rings. The van der Waals surface area contributed by atoms with Crippen molar-refractivity contribution >= 4 is 17.3 Å². The van der Waals surface area contributed by atoms with Gasteiger partial charge in [-0.3, -0.25) is 4.79 Å². The maximum Gasteiger partial charge on any atom is 0.259 e. The lowest BCUT2D eigenvalue weighted by Gasteiger charge is -2.24. The van der Waals surface area contributed by atoms with Gasteiger partial charge >= 0.3 is 0 Å². The van der Waals surface area contributed by atoms with Gasteiger partial charge in [0.05, 0.1) is 25.0 Å². The van der Waals surface area contributed by atoms with Crippen molar-refractivity contribution in [1.82, 2.24) is 0 Å². The summed E-state index contributed by atoms with van der Waals surface area (Å²) in [5.41, 5.74) is 4.97. The standard InChI is InChI=1S/C26H28N2O3/c1-18-13-21-6-2-3-8-24(21)28(18)15-25-23(11-12-31-25)26(29)27-22-7-4-5-20(14-22)17-30-16-19-9-10-19/h2-8,11-12,14,18-19H,9-10,13,15-17H2,1H3,(H,27,29). The molecule has 5 heteroatoms. The maximum atomic E-state index is 13.0. The molecule has 1 atom stereocenters. The minimum absolute atomic E-state index is 0.153. The first-order valence-electron chi connectivity index (χ1n) is 11.1. The van der Waals surface area contributed by atoms with E-state index in [-0.39, 0.29) is 5.91 Å². The molecule has 31 heavy (non-hydrogen) atoms. The van der Waals surface area contributed by atoms with Gasteiger partial charge in [-0.25, -0.2) is 0 Å². The molecule has 1 aliphatic heterocycles. The number of benzene rings is 2. The Hall–Kier alpha value is -3.05. The van der Waals surface area contributed by atoms with Gasteiger partial charge < -0.3 is 19.4 Å². The van der Waals surface area contributed by atoms with Crippen LogP contribution in [0.5, 0.6) is 0 Å². The highest BCUT2D eigenvalue weighted by Gasteiger charge is 2.28. The molecule has 1 aliphatic carbocycles. The van der Waals surface area contributed by atoms with Crippen LogP contribution in [0.1, 0.15) is 47.0 Å². The van der Waals surface area contributed by atoms with Gasteiger partial charge in [0.2, 0.25) is 0 Å². The van der Waals surface area contributed by atoms with E-state index in [2.05, 4.69) is 41.4 Å². The molecular formula is C26H28N2O3. The topological polar surface area (TPSA) is 54.7 Å². The van der Waals surface area contributed by atoms with Crippen molar-refractivity contribution in [1.29, 1.82) is 0 Å². The first-order valence-corrected chi connectivity index (χ1v) is 11.1. The molecule has 3 aromatic rings. The SMILES string of the molecule is CC1Cc2ccccc2N1Cc1occc1C(=O)Nc1cccc(COCC2CC2)c1. The lowest BCUT2D eigenvalue weighted by Crippen LogP contribution is -2.29. The fraction of sp³-hybridized carbons (Fsp3) is 0.346. The minimum Gasteiger partial charge on any atom is -0.467 e. The zero-order chi connectivity index (χ0) is 21.2. The van der Waals surface area contributed by atoms with E-state index < -0.39 is 0 Å². The molecule has 1 saturated carbocycles. The van der Waals surface area contributed by atoms with Crippen molar-refractivity contribution in [2.24, 2.45) is 5.92 Å². The summed E-state index contributed by atoms with van der Waals surface area (Å²) in [4.78, 5) is 15.3. The average Bonchev–Trinajstić information content (AvgIpc) is 3.37. The number of carbonyl (C=O) groups is 1. The number of rotatable bonds is 8. The maximum absolute atomic E-state index is 13.0. The Morgan fingerprint density at radius 2 is 2.03 bits per heavy atom. The molecule has 0 spiro atoms. The molecule has 1 aromatic heterocycles. The number of ether oxygens (including phenoxy) is 1. The number of hydrogen-bond donors (Lipinski definition) is 1. The zero-order valence-electron chi connectivity index (χ0n) is 17.8. The Morgan fingerprint density at radius 1 is 1.16 bits per heavy atom. The molecule has 2 aromatic carbocycles. The van der Waals surface area contributed by atoms with Gasteiger partial charge in [-0.05, 0) is 67.5 Å². The molecule has 2 heterocycles. The van der Waals surface area contributed by atoms with Crippen molar-refractivity contribution < 1.29 is 13.9 Å². The summed E-state index contributed by atoms with van der Waals surface area (Å²) in [7, 11) is 0. The second-order valence-electron chi connectivity index (χ2n) is 8.68. The molecule has 1 unspecified atom stereocenters. The third-order valence-electron chi connectivity index (χ3n) is 6.16.